The minimum atomic E-state index is -0.210. The molecule has 0 bridgehead atoms. The van der Waals surface area contributed by atoms with Crippen LogP contribution < -0.4 is 0 Å². The molecule has 14 heavy (non-hydrogen) atoms. The average molecular weight is 203 g/mol. The molecule has 0 amide bonds. The van der Waals surface area contributed by atoms with E-state index in [2.05, 4.69) is 11.8 Å². The lowest BCUT2D eigenvalue weighted by atomic mass is 9.96. The van der Waals surface area contributed by atoms with Crippen LogP contribution in [-0.2, 0) is 9.47 Å². The molecule has 0 aromatic carbocycles. The van der Waals surface area contributed by atoms with Gasteiger partial charge in [-0.25, -0.2) is 0 Å². The molecule has 2 unspecified atom stereocenters. The number of hydrogen-bond acceptors (Lipinski definition) is 4. The maximum Gasteiger partial charge on any atom is 0.169 e. The Morgan fingerprint density at radius 3 is 2.57 bits per heavy atom. The molecule has 1 heterocycles. The zero-order chi connectivity index (χ0) is 10.6. The molecule has 0 saturated carbocycles. The van der Waals surface area contributed by atoms with Gasteiger partial charge >= 0.3 is 0 Å². The van der Waals surface area contributed by atoms with Crippen LogP contribution in [0.1, 0.15) is 13.3 Å². The van der Waals surface area contributed by atoms with Gasteiger partial charge in [-0.2, -0.15) is 0 Å². The quantitative estimate of drug-likeness (QED) is 0.668. The minimum absolute atomic E-state index is 0.185. The summed E-state index contributed by atoms with van der Waals surface area (Å²) >= 11 is 0. The van der Waals surface area contributed by atoms with Crippen molar-refractivity contribution in [3.63, 3.8) is 0 Å². The van der Waals surface area contributed by atoms with E-state index < -0.39 is 0 Å². The Labute approximate surface area is 85.8 Å². The first kappa shape index (κ1) is 11.9. The highest BCUT2D eigenvalue weighted by molar-refractivity contribution is 4.77. The van der Waals surface area contributed by atoms with Crippen LogP contribution in [0.25, 0.3) is 0 Å². The number of piperidine rings is 1. The van der Waals surface area contributed by atoms with E-state index in [1.807, 2.05) is 0 Å². The van der Waals surface area contributed by atoms with E-state index in [1.54, 1.807) is 14.2 Å². The van der Waals surface area contributed by atoms with E-state index in [0.717, 1.165) is 26.1 Å². The van der Waals surface area contributed by atoms with Gasteiger partial charge in [-0.05, 0) is 18.9 Å². The number of ether oxygens (including phenoxy) is 2. The summed E-state index contributed by atoms with van der Waals surface area (Å²) in [6.07, 6.45) is 0.648. The molecule has 1 aliphatic rings. The monoisotopic (exact) mass is 203 g/mol. The average Bonchev–Trinajstić information content (AvgIpc) is 2.19. The van der Waals surface area contributed by atoms with Crippen molar-refractivity contribution in [3.8, 4) is 0 Å². The van der Waals surface area contributed by atoms with Gasteiger partial charge in [0.25, 0.3) is 0 Å². The first-order valence-electron chi connectivity index (χ1n) is 5.13. The summed E-state index contributed by atoms with van der Waals surface area (Å²) in [7, 11) is 3.27. The third kappa shape index (κ3) is 3.20. The summed E-state index contributed by atoms with van der Waals surface area (Å²) in [5, 5.41) is 9.68. The molecular weight excluding hydrogens is 182 g/mol. The molecule has 1 aliphatic heterocycles. The van der Waals surface area contributed by atoms with Gasteiger partial charge in [-0.3, -0.25) is 4.90 Å². The number of likely N-dealkylation sites (tertiary alicyclic amines) is 1. The number of hydrogen-bond donors (Lipinski definition) is 1. The topological polar surface area (TPSA) is 41.9 Å². The van der Waals surface area contributed by atoms with E-state index in [1.165, 1.54) is 0 Å². The molecule has 1 N–H and O–H groups in total. The maximum absolute atomic E-state index is 9.68. The molecule has 0 aromatic rings. The second-order valence-corrected chi connectivity index (χ2v) is 3.99. The molecule has 84 valence electrons. The van der Waals surface area contributed by atoms with E-state index in [-0.39, 0.29) is 12.4 Å². The Balaban J connectivity index is 2.32. The van der Waals surface area contributed by atoms with E-state index in [0.29, 0.717) is 5.92 Å². The number of aliphatic hydroxyl groups excluding tert-OH is 1. The van der Waals surface area contributed by atoms with Crippen molar-refractivity contribution in [1.29, 1.82) is 0 Å². The summed E-state index contributed by atoms with van der Waals surface area (Å²) in [5.74, 6) is 0.412. The van der Waals surface area contributed by atoms with Crippen molar-refractivity contribution in [2.75, 3.05) is 33.9 Å². The number of nitrogens with zero attached hydrogens (tertiary/aromatic N) is 1. The Morgan fingerprint density at radius 1 is 1.43 bits per heavy atom. The maximum atomic E-state index is 9.68. The number of β-amino-alcohol motifs (C(OH)–C–C–N with tert-alkyl or cyclic N) is 1. The number of methoxy groups -OCH3 is 2. The smallest absolute Gasteiger partial charge is 0.169 e. The highest BCUT2D eigenvalue weighted by Gasteiger charge is 2.25. The lowest BCUT2D eigenvalue weighted by Gasteiger charge is -2.35. The Kier molecular flexibility index (Phi) is 4.81. The Hall–Kier alpha value is -0.160. The normalized spacial score (nSPS) is 29.8. The van der Waals surface area contributed by atoms with Crippen molar-refractivity contribution in [2.24, 2.45) is 5.92 Å². The van der Waals surface area contributed by atoms with Gasteiger partial charge < -0.3 is 14.6 Å². The zero-order valence-electron chi connectivity index (χ0n) is 9.27. The van der Waals surface area contributed by atoms with Gasteiger partial charge in [0.05, 0.1) is 6.10 Å². The summed E-state index contributed by atoms with van der Waals surface area (Å²) in [6.45, 7) is 4.56. The van der Waals surface area contributed by atoms with Crippen molar-refractivity contribution < 1.29 is 14.6 Å². The lowest BCUT2D eigenvalue weighted by Crippen LogP contribution is -2.46. The van der Waals surface area contributed by atoms with Gasteiger partial charge in [0.2, 0.25) is 0 Å². The molecule has 0 aliphatic carbocycles. The summed E-state index contributed by atoms with van der Waals surface area (Å²) in [6, 6.07) is 0. The van der Waals surface area contributed by atoms with Crippen LogP contribution in [0.5, 0.6) is 0 Å². The van der Waals surface area contributed by atoms with Crippen molar-refractivity contribution in [1.82, 2.24) is 4.90 Å². The molecular formula is C10H21NO3. The molecule has 0 spiro atoms. The SMILES string of the molecule is COC(CN1CCC(C)C(O)C1)OC. The second kappa shape index (κ2) is 5.66. The van der Waals surface area contributed by atoms with Gasteiger partial charge in [0, 0.05) is 27.3 Å². The predicted octanol–water partition coefficient (Wildman–Crippen LogP) is 0.308. The first-order chi connectivity index (χ1) is 6.67. The van der Waals surface area contributed by atoms with Gasteiger partial charge in [0.1, 0.15) is 0 Å². The lowest BCUT2D eigenvalue weighted by molar-refractivity contribution is -0.124. The second-order valence-electron chi connectivity index (χ2n) is 3.99. The standard InChI is InChI=1S/C10H21NO3/c1-8-4-5-11(6-9(8)12)7-10(13-2)14-3/h8-10,12H,4-7H2,1-3H3. The molecule has 4 nitrogen and oxygen atoms in total. The Bertz CT molecular complexity index is 161. The third-order valence-electron chi connectivity index (χ3n) is 2.94. The summed E-state index contributed by atoms with van der Waals surface area (Å²) in [4.78, 5) is 2.18. The Morgan fingerprint density at radius 2 is 2.07 bits per heavy atom. The highest BCUT2D eigenvalue weighted by Crippen LogP contribution is 2.17. The zero-order valence-corrected chi connectivity index (χ0v) is 9.27. The fraction of sp³-hybridized carbons (Fsp3) is 1.00. The molecule has 1 saturated heterocycles. The van der Waals surface area contributed by atoms with Crippen LogP contribution in [0.15, 0.2) is 0 Å². The van der Waals surface area contributed by atoms with Crippen LogP contribution in [-0.4, -0.2) is 56.3 Å². The fourth-order valence-electron chi connectivity index (χ4n) is 1.74. The molecule has 2 atom stereocenters. The van der Waals surface area contributed by atoms with Crippen molar-refractivity contribution in [2.45, 2.75) is 25.7 Å². The van der Waals surface area contributed by atoms with Crippen LogP contribution in [0.2, 0.25) is 0 Å². The molecule has 1 fully saturated rings. The predicted molar refractivity (Wildman–Crippen MR) is 54.0 cm³/mol. The van der Waals surface area contributed by atoms with Crippen LogP contribution in [0.3, 0.4) is 0 Å². The van der Waals surface area contributed by atoms with Crippen LogP contribution in [0, 0.1) is 5.92 Å². The van der Waals surface area contributed by atoms with Gasteiger partial charge in [0.15, 0.2) is 6.29 Å². The molecule has 0 aromatic heterocycles. The van der Waals surface area contributed by atoms with Crippen molar-refractivity contribution >= 4 is 0 Å². The molecule has 0 radical (unpaired) electrons. The van der Waals surface area contributed by atoms with E-state index >= 15 is 0 Å². The van der Waals surface area contributed by atoms with Crippen molar-refractivity contribution in [3.05, 3.63) is 0 Å². The first-order valence-corrected chi connectivity index (χ1v) is 5.13. The largest absolute Gasteiger partial charge is 0.392 e. The van der Waals surface area contributed by atoms with Gasteiger partial charge in [-0.15, -0.1) is 0 Å². The fourth-order valence-corrected chi connectivity index (χ4v) is 1.74. The van der Waals surface area contributed by atoms with E-state index in [4.69, 9.17) is 9.47 Å². The number of aliphatic hydroxyl groups is 1. The molecule has 4 heteroatoms. The third-order valence-corrected chi connectivity index (χ3v) is 2.94. The summed E-state index contributed by atoms with van der Waals surface area (Å²) < 4.78 is 10.2. The summed E-state index contributed by atoms with van der Waals surface area (Å²) in [5.41, 5.74) is 0. The highest BCUT2D eigenvalue weighted by atomic mass is 16.7. The van der Waals surface area contributed by atoms with E-state index in [9.17, 15) is 5.11 Å². The molecule has 1 rings (SSSR count). The van der Waals surface area contributed by atoms with Crippen LogP contribution >= 0.6 is 0 Å². The number of rotatable bonds is 4. The van der Waals surface area contributed by atoms with Crippen LogP contribution in [0.4, 0.5) is 0 Å². The van der Waals surface area contributed by atoms with Gasteiger partial charge in [-0.1, -0.05) is 6.92 Å². The minimum Gasteiger partial charge on any atom is -0.392 e.